The lowest BCUT2D eigenvalue weighted by Gasteiger charge is -2.35. The van der Waals surface area contributed by atoms with Crippen LogP contribution in [0.25, 0.3) is 0 Å². The zero-order valence-electron chi connectivity index (χ0n) is 21.3. The smallest absolute Gasteiger partial charge is 0.244 e. The van der Waals surface area contributed by atoms with Gasteiger partial charge in [0.05, 0.1) is 29.8 Å². The number of hydrogen-bond acceptors (Lipinski definition) is 7. The van der Waals surface area contributed by atoms with Crippen molar-refractivity contribution in [2.45, 2.75) is 66.3 Å². The summed E-state index contributed by atoms with van der Waals surface area (Å²) in [4.78, 5) is 45.0. The molecule has 4 aliphatic rings. The van der Waals surface area contributed by atoms with E-state index in [-0.39, 0.29) is 34.4 Å². The van der Waals surface area contributed by atoms with Crippen LogP contribution in [0.2, 0.25) is 0 Å². The molecule has 1 spiro atoms. The third kappa shape index (κ3) is 5.60. The fraction of sp³-hybridized carbons (Fsp3) is 0.880. The summed E-state index contributed by atoms with van der Waals surface area (Å²) >= 11 is 5.49. The first kappa shape index (κ1) is 28.1. The number of thioether (sulfide) groups is 1. The second-order valence-electron chi connectivity index (χ2n) is 10.4. The molecule has 204 valence electrons. The minimum absolute atomic E-state index is 0.00818. The van der Waals surface area contributed by atoms with Crippen LogP contribution in [0.15, 0.2) is 0 Å². The number of amides is 3. The summed E-state index contributed by atoms with van der Waals surface area (Å²) in [5.74, 6) is -1.09. The molecule has 4 aliphatic heterocycles. The van der Waals surface area contributed by atoms with Gasteiger partial charge in [0.25, 0.3) is 0 Å². The minimum Gasteiger partial charge on any atom is -0.396 e. The van der Waals surface area contributed by atoms with Crippen LogP contribution < -0.4 is 10.6 Å². The molecule has 0 aromatic carbocycles. The Morgan fingerprint density at radius 1 is 1.11 bits per heavy atom. The number of aliphatic hydroxyl groups excluding tert-OH is 1. The van der Waals surface area contributed by atoms with Crippen molar-refractivity contribution in [1.29, 1.82) is 0 Å². The summed E-state index contributed by atoms with van der Waals surface area (Å²) in [6.07, 6.45) is 4.86. The van der Waals surface area contributed by atoms with Crippen molar-refractivity contribution < 1.29 is 24.2 Å². The Kier molecular flexibility index (Phi) is 9.99. The van der Waals surface area contributed by atoms with Gasteiger partial charge in [-0.2, -0.15) is 0 Å². The summed E-state index contributed by atoms with van der Waals surface area (Å²) < 4.78 is 4.83. The fourth-order valence-electron chi connectivity index (χ4n) is 6.34. The van der Waals surface area contributed by atoms with Gasteiger partial charge in [-0.25, -0.2) is 0 Å². The molecule has 3 unspecified atom stereocenters. The van der Waals surface area contributed by atoms with Crippen molar-refractivity contribution in [2.75, 3.05) is 59.1 Å². The lowest BCUT2D eigenvalue weighted by atomic mass is 9.70. The first-order valence-corrected chi connectivity index (χ1v) is 15.3. The van der Waals surface area contributed by atoms with Gasteiger partial charge in [0.15, 0.2) is 0 Å². The highest BCUT2D eigenvalue weighted by molar-refractivity contribution is 9.09. The summed E-state index contributed by atoms with van der Waals surface area (Å²) in [5, 5.41) is 15.2. The molecule has 2 bridgehead atoms. The predicted octanol–water partition coefficient (Wildman–Crippen LogP) is 0.978. The van der Waals surface area contributed by atoms with Gasteiger partial charge < -0.3 is 25.4 Å². The summed E-state index contributed by atoms with van der Waals surface area (Å²) in [6, 6.07) is -0.573. The number of alkyl halides is 1. The lowest BCUT2D eigenvalue weighted by molar-refractivity contribution is -0.140. The molecule has 0 saturated carbocycles. The minimum atomic E-state index is -0.585. The van der Waals surface area contributed by atoms with Crippen LogP contribution in [0, 0.1) is 11.8 Å². The standard InChI is InChI=1S/C25H41BrN4O5S/c1-2-7-27-22(32)18-19-24(34)30(9-5-3-4-6-13-31)21(25(19)16-17(26)20(18)36-25)23(33)28-8-10-29-11-14-35-15-12-29/h17-21,31H,2-16H2,1H3,(H,27,32)(H,28,33)/t17?,18-,19+,20-,21?,25?/m1/s1. The number of unbranched alkanes of at least 4 members (excludes halogenated alkanes) is 3. The van der Waals surface area contributed by atoms with Gasteiger partial charge >= 0.3 is 0 Å². The number of hydrogen-bond donors (Lipinski definition) is 3. The van der Waals surface area contributed by atoms with Crippen LogP contribution in [0.4, 0.5) is 0 Å². The number of morpholine rings is 1. The average molecular weight is 590 g/mol. The number of carbonyl (C=O) groups is 3. The molecule has 3 N–H and O–H groups in total. The number of aliphatic hydroxyl groups is 1. The number of halogens is 1. The molecule has 36 heavy (non-hydrogen) atoms. The monoisotopic (exact) mass is 588 g/mol. The van der Waals surface area contributed by atoms with E-state index in [4.69, 9.17) is 9.84 Å². The largest absolute Gasteiger partial charge is 0.396 e. The molecule has 3 amide bonds. The Labute approximate surface area is 226 Å². The predicted molar refractivity (Wildman–Crippen MR) is 143 cm³/mol. The summed E-state index contributed by atoms with van der Waals surface area (Å²) in [5.41, 5.74) is 0. The molecule has 6 atom stereocenters. The van der Waals surface area contributed by atoms with Crippen LogP contribution in [0.3, 0.4) is 0 Å². The van der Waals surface area contributed by atoms with Crippen LogP contribution in [0.1, 0.15) is 45.4 Å². The molecule has 11 heteroatoms. The van der Waals surface area contributed by atoms with Crippen molar-refractivity contribution >= 4 is 45.4 Å². The van der Waals surface area contributed by atoms with Crippen LogP contribution in [0.5, 0.6) is 0 Å². The molecule has 4 rings (SSSR count). The summed E-state index contributed by atoms with van der Waals surface area (Å²) in [6.45, 7) is 7.72. The van der Waals surface area contributed by atoms with Crippen molar-refractivity contribution in [2.24, 2.45) is 11.8 Å². The van der Waals surface area contributed by atoms with Gasteiger partial charge in [-0.1, -0.05) is 35.7 Å². The number of nitrogens with zero attached hydrogens (tertiary/aromatic N) is 2. The van der Waals surface area contributed by atoms with E-state index in [1.165, 1.54) is 0 Å². The van der Waals surface area contributed by atoms with E-state index in [9.17, 15) is 14.4 Å². The Morgan fingerprint density at radius 3 is 2.56 bits per heavy atom. The quantitative estimate of drug-likeness (QED) is 0.217. The van der Waals surface area contributed by atoms with E-state index in [1.54, 1.807) is 16.7 Å². The molecule has 9 nitrogen and oxygen atoms in total. The van der Waals surface area contributed by atoms with Crippen molar-refractivity contribution in [3.63, 3.8) is 0 Å². The molecule has 4 saturated heterocycles. The first-order chi connectivity index (χ1) is 17.4. The van der Waals surface area contributed by atoms with Gasteiger partial charge in [-0.05, 0) is 25.7 Å². The lowest BCUT2D eigenvalue weighted by Crippen LogP contribution is -2.55. The summed E-state index contributed by atoms with van der Waals surface area (Å²) in [7, 11) is 0. The molecular formula is C25H41BrN4O5S. The van der Waals surface area contributed by atoms with E-state index < -0.39 is 22.6 Å². The number of nitrogens with one attached hydrogen (secondary N) is 2. The van der Waals surface area contributed by atoms with E-state index in [1.807, 2.05) is 6.92 Å². The Hall–Kier alpha value is -0.880. The van der Waals surface area contributed by atoms with Gasteiger partial charge in [-0.15, -0.1) is 11.8 Å². The van der Waals surface area contributed by atoms with Gasteiger partial charge in [0.2, 0.25) is 17.7 Å². The Morgan fingerprint density at radius 2 is 1.83 bits per heavy atom. The number of likely N-dealkylation sites (tertiary alicyclic amines) is 1. The average Bonchev–Trinajstić information content (AvgIpc) is 3.46. The fourth-order valence-corrected chi connectivity index (χ4v) is 9.96. The van der Waals surface area contributed by atoms with Gasteiger partial charge in [-0.3, -0.25) is 19.3 Å². The number of rotatable bonds is 13. The zero-order valence-corrected chi connectivity index (χ0v) is 23.7. The van der Waals surface area contributed by atoms with Crippen LogP contribution in [-0.4, -0.2) is 113 Å². The SMILES string of the molecule is CCCNC(=O)[C@H]1[C@@H]2SC3(CC2Br)C(C(=O)NCCN2CCOCC2)N(CCCCCCO)C(=O)[C@H]13. The van der Waals surface area contributed by atoms with Crippen molar-refractivity contribution in [1.82, 2.24) is 20.4 Å². The van der Waals surface area contributed by atoms with E-state index >= 15 is 0 Å². The van der Waals surface area contributed by atoms with Gasteiger partial charge in [0.1, 0.15) is 6.04 Å². The number of carbonyl (C=O) groups excluding carboxylic acids is 3. The highest BCUT2D eigenvalue weighted by Gasteiger charge is 2.75. The Bertz CT molecular complexity index is 800. The van der Waals surface area contributed by atoms with Crippen LogP contribution in [-0.2, 0) is 19.1 Å². The maximum atomic E-state index is 13.9. The normalized spacial score (nSPS) is 33.7. The molecule has 0 aromatic heterocycles. The topological polar surface area (TPSA) is 111 Å². The molecule has 0 radical (unpaired) electrons. The second-order valence-corrected chi connectivity index (χ2v) is 13.1. The van der Waals surface area contributed by atoms with Crippen molar-refractivity contribution in [3.8, 4) is 0 Å². The molecule has 4 fully saturated rings. The first-order valence-electron chi connectivity index (χ1n) is 13.5. The van der Waals surface area contributed by atoms with E-state index in [0.29, 0.717) is 39.3 Å². The number of ether oxygens (including phenoxy) is 1. The second kappa shape index (κ2) is 12.8. The Balaban J connectivity index is 1.51. The molecule has 0 aromatic rings. The molecule has 0 aliphatic carbocycles. The number of fused-ring (bicyclic) bond motifs is 1. The highest BCUT2D eigenvalue weighted by atomic mass is 79.9. The van der Waals surface area contributed by atoms with E-state index in [2.05, 4.69) is 31.5 Å². The third-order valence-corrected chi connectivity index (χ3v) is 11.2. The third-order valence-electron chi connectivity index (χ3n) is 8.03. The molecule has 4 heterocycles. The van der Waals surface area contributed by atoms with Crippen LogP contribution >= 0.6 is 27.7 Å². The molecular weight excluding hydrogens is 548 g/mol. The van der Waals surface area contributed by atoms with E-state index in [0.717, 1.165) is 51.7 Å². The van der Waals surface area contributed by atoms with Crippen molar-refractivity contribution in [3.05, 3.63) is 0 Å². The maximum absolute atomic E-state index is 13.9. The maximum Gasteiger partial charge on any atom is 0.244 e. The highest BCUT2D eigenvalue weighted by Crippen LogP contribution is 2.67. The van der Waals surface area contributed by atoms with Gasteiger partial charge in [0, 0.05) is 56.0 Å². The zero-order chi connectivity index (χ0) is 25.7.